The van der Waals surface area contributed by atoms with Crippen molar-refractivity contribution >= 4 is 27.5 Å². The number of nitro groups is 1. The largest absolute Gasteiger partial charge is 0.490 e. The van der Waals surface area contributed by atoms with Gasteiger partial charge in [0, 0.05) is 22.7 Å². The fourth-order valence-electron chi connectivity index (χ4n) is 4.90. The molecule has 1 spiro atoms. The van der Waals surface area contributed by atoms with Crippen molar-refractivity contribution in [2.45, 2.75) is 24.4 Å². The highest BCUT2D eigenvalue weighted by Crippen LogP contribution is 2.53. The van der Waals surface area contributed by atoms with Crippen LogP contribution in [0.15, 0.2) is 40.9 Å². The van der Waals surface area contributed by atoms with Gasteiger partial charge in [0.15, 0.2) is 17.0 Å². The van der Waals surface area contributed by atoms with Crippen LogP contribution in [0.1, 0.15) is 24.0 Å². The Morgan fingerprint density at radius 3 is 2.81 bits per heavy atom. The molecule has 1 saturated heterocycles. The van der Waals surface area contributed by atoms with Crippen molar-refractivity contribution in [1.82, 2.24) is 4.90 Å². The highest BCUT2D eigenvalue weighted by Gasteiger charge is 2.68. The van der Waals surface area contributed by atoms with Gasteiger partial charge in [-0.1, -0.05) is 24.1 Å². The summed E-state index contributed by atoms with van der Waals surface area (Å²) in [4.78, 5) is 27.1. The van der Waals surface area contributed by atoms with E-state index in [4.69, 9.17) is 15.9 Å². The van der Waals surface area contributed by atoms with E-state index in [0.717, 1.165) is 0 Å². The van der Waals surface area contributed by atoms with E-state index in [1.54, 1.807) is 48.3 Å². The Hall–Kier alpha value is -3.09. The number of carbonyl (C=O) groups is 1. The predicted molar refractivity (Wildman–Crippen MR) is 123 cm³/mol. The monoisotopic (exact) mass is 499 g/mol. The van der Waals surface area contributed by atoms with Crippen LogP contribution in [-0.4, -0.2) is 48.6 Å². The van der Waals surface area contributed by atoms with Gasteiger partial charge in [-0.15, -0.1) is 6.42 Å². The fourth-order valence-corrected chi connectivity index (χ4v) is 5.47. The number of benzene rings is 2. The summed E-state index contributed by atoms with van der Waals surface area (Å²) in [6, 6.07) is 9.46. The lowest BCUT2D eigenvalue weighted by atomic mass is 9.79. The lowest BCUT2D eigenvalue weighted by molar-refractivity contribution is -0.534. The quantitative estimate of drug-likeness (QED) is 0.372. The summed E-state index contributed by atoms with van der Waals surface area (Å²) in [6.45, 7) is 2.59. The number of likely N-dealkylation sites (tertiary alicyclic amines) is 1. The van der Waals surface area contributed by atoms with E-state index in [0.29, 0.717) is 45.9 Å². The van der Waals surface area contributed by atoms with Crippen LogP contribution in [0.5, 0.6) is 11.5 Å². The standard InChI is InChI=1S/C23H22BrN3O5/c1-4-10-32-20-17(24)11-14(12-19(20)31-5-2)15-13-26(3)23(21(15)27(29)30)16-8-6-7-9-18(16)25-22(23)28/h1,6-9,11-12,15,21H,5,10,13H2,2-3H3,(H,25,28)/t15-,21-,23+/m0/s1. The van der Waals surface area contributed by atoms with Crippen LogP contribution in [0.2, 0.25) is 0 Å². The van der Waals surface area contributed by atoms with E-state index in [1.807, 2.05) is 6.92 Å². The number of fused-ring (bicyclic) bond motifs is 2. The second kappa shape index (κ2) is 8.45. The summed E-state index contributed by atoms with van der Waals surface area (Å²) in [6.07, 6.45) is 5.32. The smallest absolute Gasteiger partial charge is 0.256 e. The zero-order valence-electron chi connectivity index (χ0n) is 17.6. The third-order valence-electron chi connectivity index (χ3n) is 6.10. The van der Waals surface area contributed by atoms with Crippen LogP contribution in [0.3, 0.4) is 0 Å². The van der Waals surface area contributed by atoms with Crippen molar-refractivity contribution < 1.29 is 19.2 Å². The van der Waals surface area contributed by atoms with E-state index in [-0.39, 0.29) is 17.4 Å². The van der Waals surface area contributed by atoms with Gasteiger partial charge in [-0.05, 0) is 53.7 Å². The molecule has 9 heteroatoms. The van der Waals surface area contributed by atoms with Gasteiger partial charge in [-0.2, -0.15) is 0 Å². The average Bonchev–Trinajstić information content (AvgIpc) is 3.23. The summed E-state index contributed by atoms with van der Waals surface area (Å²) in [5, 5.41) is 15.3. The number of anilines is 1. The second-order valence-electron chi connectivity index (χ2n) is 7.74. The van der Waals surface area contributed by atoms with E-state index in [2.05, 4.69) is 27.2 Å². The van der Waals surface area contributed by atoms with Gasteiger partial charge < -0.3 is 14.8 Å². The van der Waals surface area contributed by atoms with E-state index in [9.17, 15) is 14.9 Å². The van der Waals surface area contributed by atoms with Crippen molar-refractivity contribution in [1.29, 1.82) is 0 Å². The summed E-state index contributed by atoms with van der Waals surface area (Å²) >= 11 is 3.49. The molecule has 2 aliphatic rings. The number of terminal acetylenes is 1. The maximum Gasteiger partial charge on any atom is 0.256 e. The van der Waals surface area contributed by atoms with Crippen LogP contribution < -0.4 is 14.8 Å². The lowest BCUT2D eigenvalue weighted by Crippen LogP contribution is -2.54. The summed E-state index contributed by atoms with van der Waals surface area (Å²) in [5.74, 6) is 2.35. The Labute approximate surface area is 194 Å². The van der Waals surface area contributed by atoms with Crippen LogP contribution in [0.25, 0.3) is 0 Å². The number of hydrogen-bond donors (Lipinski definition) is 1. The van der Waals surface area contributed by atoms with Crippen LogP contribution in [0.4, 0.5) is 5.69 Å². The molecule has 2 aromatic rings. The fraction of sp³-hybridized carbons (Fsp3) is 0.348. The number of halogens is 1. The first-order valence-electron chi connectivity index (χ1n) is 10.1. The molecule has 4 rings (SSSR count). The molecule has 0 aromatic heterocycles. The predicted octanol–water partition coefficient (Wildman–Crippen LogP) is 3.38. The first-order valence-corrected chi connectivity index (χ1v) is 10.9. The first kappa shape index (κ1) is 22.1. The molecule has 0 unspecified atom stereocenters. The van der Waals surface area contributed by atoms with Crippen LogP contribution in [0, 0.1) is 22.5 Å². The maximum absolute atomic E-state index is 13.2. The molecular weight excluding hydrogens is 478 g/mol. The van der Waals surface area contributed by atoms with Crippen molar-refractivity contribution in [3.63, 3.8) is 0 Å². The van der Waals surface area contributed by atoms with Gasteiger partial charge in [0.25, 0.3) is 11.9 Å². The molecule has 8 nitrogen and oxygen atoms in total. The number of rotatable bonds is 6. The summed E-state index contributed by atoms with van der Waals surface area (Å²) < 4.78 is 11.9. The molecule has 0 aliphatic carbocycles. The summed E-state index contributed by atoms with van der Waals surface area (Å²) in [5.41, 5.74) is 0.499. The van der Waals surface area contributed by atoms with Gasteiger partial charge in [0.2, 0.25) is 0 Å². The zero-order valence-corrected chi connectivity index (χ0v) is 19.2. The van der Waals surface area contributed by atoms with Crippen molar-refractivity contribution in [3.05, 3.63) is 62.1 Å². The molecule has 2 aromatic carbocycles. The van der Waals surface area contributed by atoms with Gasteiger partial charge in [0.05, 0.1) is 17.0 Å². The number of carbonyl (C=O) groups excluding carboxylic acids is 1. The van der Waals surface area contributed by atoms with E-state index < -0.39 is 17.5 Å². The third-order valence-corrected chi connectivity index (χ3v) is 6.69. The normalized spacial score (nSPS) is 24.1. The number of amides is 1. The molecular formula is C23H22BrN3O5. The second-order valence-corrected chi connectivity index (χ2v) is 8.59. The Balaban J connectivity index is 1.85. The molecule has 166 valence electrons. The minimum atomic E-state index is -1.40. The Morgan fingerprint density at radius 1 is 1.38 bits per heavy atom. The molecule has 2 heterocycles. The first-order chi connectivity index (χ1) is 15.4. The molecule has 0 saturated carbocycles. The number of likely N-dealkylation sites (N-methyl/N-ethyl adjacent to an activating group) is 1. The topological polar surface area (TPSA) is 93.9 Å². The highest BCUT2D eigenvalue weighted by molar-refractivity contribution is 9.10. The summed E-state index contributed by atoms with van der Waals surface area (Å²) in [7, 11) is 1.75. The van der Waals surface area contributed by atoms with Crippen molar-refractivity contribution in [3.8, 4) is 23.8 Å². The number of nitrogens with one attached hydrogen (secondary N) is 1. The molecule has 1 amide bonds. The average molecular weight is 500 g/mol. The number of hydrogen-bond acceptors (Lipinski definition) is 6. The Morgan fingerprint density at radius 2 is 2.12 bits per heavy atom. The minimum absolute atomic E-state index is 0.0573. The molecule has 2 aliphatic heterocycles. The molecule has 32 heavy (non-hydrogen) atoms. The van der Waals surface area contributed by atoms with Crippen LogP contribution >= 0.6 is 15.9 Å². The minimum Gasteiger partial charge on any atom is -0.490 e. The number of nitrogens with zero attached hydrogens (tertiary/aromatic N) is 2. The number of ether oxygens (including phenoxy) is 2. The zero-order chi connectivity index (χ0) is 23.0. The molecule has 1 fully saturated rings. The van der Waals surface area contributed by atoms with Crippen molar-refractivity contribution in [2.24, 2.45) is 0 Å². The molecule has 3 atom stereocenters. The van der Waals surface area contributed by atoms with Crippen LogP contribution in [-0.2, 0) is 10.3 Å². The van der Waals surface area contributed by atoms with Gasteiger partial charge in [0.1, 0.15) is 6.61 Å². The SMILES string of the molecule is C#CCOc1c(Br)cc([C@@H]2CN(C)[C@@]3(C(=O)Nc4ccccc43)[C@H]2[N+](=O)[O-])cc1OCC. The molecule has 0 bridgehead atoms. The van der Waals surface area contributed by atoms with Crippen molar-refractivity contribution in [2.75, 3.05) is 32.1 Å². The van der Waals surface area contributed by atoms with Gasteiger partial charge in [-0.25, -0.2) is 0 Å². The maximum atomic E-state index is 13.2. The Kier molecular flexibility index (Phi) is 5.84. The Bertz CT molecular complexity index is 1130. The molecule has 0 radical (unpaired) electrons. The number of para-hydroxylation sites is 1. The van der Waals surface area contributed by atoms with E-state index in [1.165, 1.54) is 0 Å². The molecule has 1 N–H and O–H groups in total. The van der Waals surface area contributed by atoms with E-state index >= 15 is 0 Å². The lowest BCUT2D eigenvalue weighted by Gasteiger charge is -2.30. The van der Waals surface area contributed by atoms with Gasteiger partial charge >= 0.3 is 0 Å². The third kappa shape index (κ3) is 3.22. The van der Waals surface area contributed by atoms with Gasteiger partial charge in [-0.3, -0.25) is 19.8 Å². The highest BCUT2D eigenvalue weighted by atomic mass is 79.9.